The van der Waals surface area contributed by atoms with Crippen molar-refractivity contribution in [3.8, 4) is 0 Å². The number of nitrogens with two attached hydrogens (primary N) is 1. The van der Waals surface area contributed by atoms with E-state index in [1.54, 1.807) is 4.90 Å². The maximum atomic E-state index is 12.0. The molecule has 0 aromatic heterocycles. The van der Waals surface area contributed by atoms with Crippen LogP contribution in [-0.4, -0.2) is 45.7 Å². The van der Waals surface area contributed by atoms with Crippen LogP contribution >= 0.6 is 11.6 Å². The number of sulfonamides is 1. The zero-order valence-corrected chi connectivity index (χ0v) is 12.1. The number of morpholine rings is 1. The number of hydrogen-bond donors (Lipinski definition) is 2. The molecule has 0 atom stereocenters. The van der Waals surface area contributed by atoms with Crippen LogP contribution in [0.5, 0.6) is 0 Å². The number of anilines is 1. The number of amides is 2. The topological polar surface area (TPSA) is 102 Å². The van der Waals surface area contributed by atoms with Gasteiger partial charge in [0, 0.05) is 13.1 Å². The molecular formula is C11H14ClN3O4S. The quantitative estimate of drug-likeness (QED) is 0.843. The second-order valence-corrected chi connectivity index (χ2v) is 6.18. The minimum Gasteiger partial charge on any atom is -0.378 e. The SMILES string of the molecule is NS(=O)(=O)c1ccc(Cl)c(NC(=O)N2CCOCC2)c1. The summed E-state index contributed by atoms with van der Waals surface area (Å²) >= 11 is 5.94. The molecule has 3 N–H and O–H groups in total. The minimum atomic E-state index is -3.85. The van der Waals surface area contributed by atoms with Crippen LogP contribution in [0.1, 0.15) is 0 Å². The first-order chi connectivity index (χ1) is 9.38. The van der Waals surface area contributed by atoms with Crippen molar-refractivity contribution < 1.29 is 17.9 Å². The Bertz CT molecular complexity index is 614. The van der Waals surface area contributed by atoms with Crippen LogP contribution in [-0.2, 0) is 14.8 Å². The van der Waals surface area contributed by atoms with Gasteiger partial charge in [-0.3, -0.25) is 0 Å². The Hall–Kier alpha value is -1.35. The third-order valence-electron chi connectivity index (χ3n) is 2.81. The lowest BCUT2D eigenvalue weighted by Crippen LogP contribution is -2.43. The highest BCUT2D eigenvalue weighted by Crippen LogP contribution is 2.25. The second kappa shape index (κ2) is 5.96. The Morgan fingerprint density at radius 1 is 1.35 bits per heavy atom. The number of carbonyl (C=O) groups is 1. The smallest absolute Gasteiger partial charge is 0.322 e. The predicted molar refractivity (Wildman–Crippen MR) is 74.2 cm³/mol. The molecule has 1 aliphatic heterocycles. The molecule has 0 spiro atoms. The number of nitrogens with zero attached hydrogens (tertiary/aromatic N) is 1. The monoisotopic (exact) mass is 319 g/mol. The average molecular weight is 320 g/mol. The summed E-state index contributed by atoms with van der Waals surface area (Å²) in [5, 5.41) is 7.85. The first-order valence-electron chi connectivity index (χ1n) is 5.84. The molecule has 20 heavy (non-hydrogen) atoms. The lowest BCUT2D eigenvalue weighted by Gasteiger charge is -2.27. The predicted octanol–water partition coefficient (Wildman–Crippen LogP) is 0.851. The fourth-order valence-corrected chi connectivity index (χ4v) is 2.44. The van der Waals surface area contributed by atoms with Gasteiger partial charge >= 0.3 is 6.03 Å². The van der Waals surface area contributed by atoms with Crippen molar-refractivity contribution >= 4 is 33.3 Å². The van der Waals surface area contributed by atoms with Crippen molar-refractivity contribution in [2.75, 3.05) is 31.6 Å². The van der Waals surface area contributed by atoms with Gasteiger partial charge in [-0.1, -0.05) is 11.6 Å². The zero-order valence-electron chi connectivity index (χ0n) is 10.5. The van der Waals surface area contributed by atoms with Gasteiger partial charge in [0.05, 0.1) is 28.8 Å². The number of nitrogens with one attached hydrogen (secondary N) is 1. The van der Waals surface area contributed by atoms with Gasteiger partial charge in [0.15, 0.2) is 0 Å². The highest BCUT2D eigenvalue weighted by atomic mass is 35.5. The van der Waals surface area contributed by atoms with E-state index in [4.69, 9.17) is 21.5 Å². The fraction of sp³-hybridized carbons (Fsp3) is 0.364. The molecule has 0 saturated carbocycles. The molecule has 1 aliphatic rings. The minimum absolute atomic E-state index is 0.112. The van der Waals surface area contributed by atoms with Gasteiger partial charge in [-0.05, 0) is 18.2 Å². The summed E-state index contributed by atoms with van der Waals surface area (Å²) in [5.74, 6) is 0. The first kappa shape index (κ1) is 15.0. The Labute approximate surface area is 121 Å². The summed E-state index contributed by atoms with van der Waals surface area (Å²) in [6.07, 6.45) is 0. The molecule has 0 aliphatic carbocycles. The van der Waals surface area contributed by atoms with Crippen LogP contribution in [0.25, 0.3) is 0 Å². The van der Waals surface area contributed by atoms with Crippen molar-refractivity contribution in [1.29, 1.82) is 0 Å². The van der Waals surface area contributed by atoms with Gasteiger partial charge in [-0.15, -0.1) is 0 Å². The standard InChI is InChI=1S/C11H14ClN3O4S/c12-9-2-1-8(20(13,17)18)7-10(9)14-11(16)15-3-5-19-6-4-15/h1-2,7H,3-6H2,(H,14,16)(H2,13,17,18). The summed E-state index contributed by atoms with van der Waals surface area (Å²) in [4.78, 5) is 13.4. The summed E-state index contributed by atoms with van der Waals surface area (Å²) in [6, 6.07) is 3.52. The van der Waals surface area contributed by atoms with E-state index in [0.29, 0.717) is 26.3 Å². The average Bonchev–Trinajstić information content (AvgIpc) is 2.41. The molecule has 2 rings (SSSR count). The van der Waals surface area contributed by atoms with Crippen LogP contribution < -0.4 is 10.5 Å². The van der Waals surface area contributed by atoms with E-state index < -0.39 is 10.0 Å². The number of halogens is 1. The number of rotatable bonds is 2. The number of carbonyl (C=O) groups excluding carboxylic acids is 1. The highest BCUT2D eigenvalue weighted by Gasteiger charge is 2.18. The molecule has 1 saturated heterocycles. The third-order valence-corrected chi connectivity index (χ3v) is 4.05. The van der Waals surface area contributed by atoms with Gasteiger partial charge in [0.25, 0.3) is 0 Å². The normalized spacial score (nSPS) is 16.0. The first-order valence-corrected chi connectivity index (χ1v) is 7.76. The van der Waals surface area contributed by atoms with Crippen LogP contribution in [0.2, 0.25) is 5.02 Å². The van der Waals surface area contributed by atoms with Gasteiger partial charge in [0.2, 0.25) is 10.0 Å². The number of benzene rings is 1. The molecule has 1 aromatic carbocycles. The molecule has 0 radical (unpaired) electrons. The van der Waals surface area contributed by atoms with Crippen molar-refractivity contribution in [3.05, 3.63) is 23.2 Å². The maximum Gasteiger partial charge on any atom is 0.322 e. The Balaban J connectivity index is 2.18. The summed E-state index contributed by atoms with van der Waals surface area (Å²) in [7, 11) is -3.85. The van der Waals surface area contributed by atoms with Crippen LogP contribution in [0, 0.1) is 0 Å². The highest BCUT2D eigenvalue weighted by molar-refractivity contribution is 7.89. The van der Waals surface area contributed by atoms with E-state index in [0.717, 1.165) is 0 Å². The zero-order chi connectivity index (χ0) is 14.8. The van der Waals surface area contributed by atoms with Gasteiger partial charge < -0.3 is 15.0 Å². The Kier molecular flexibility index (Phi) is 4.48. The molecule has 1 heterocycles. The molecule has 1 aromatic rings. The van der Waals surface area contributed by atoms with Crippen molar-refractivity contribution in [3.63, 3.8) is 0 Å². The maximum absolute atomic E-state index is 12.0. The largest absolute Gasteiger partial charge is 0.378 e. The number of ether oxygens (including phenoxy) is 1. The van der Waals surface area contributed by atoms with Crippen molar-refractivity contribution in [1.82, 2.24) is 4.90 Å². The molecule has 2 amide bonds. The van der Waals surface area contributed by atoms with Crippen LogP contribution in [0.4, 0.5) is 10.5 Å². The number of urea groups is 1. The number of primary sulfonamides is 1. The molecular weight excluding hydrogens is 306 g/mol. The second-order valence-electron chi connectivity index (χ2n) is 4.22. The summed E-state index contributed by atoms with van der Waals surface area (Å²) in [6.45, 7) is 1.88. The number of hydrogen-bond acceptors (Lipinski definition) is 4. The van der Waals surface area contributed by atoms with E-state index >= 15 is 0 Å². The van der Waals surface area contributed by atoms with Gasteiger partial charge in [0.1, 0.15) is 0 Å². The van der Waals surface area contributed by atoms with Crippen molar-refractivity contribution in [2.45, 2.75) is 4.90 Å². The Morgan fingerprint density at radius 3 is 2.60 bits per heavy atom. The fourth-order valence-electron chi connectivity index (χ4n) is 1.74. The Morgan fingerprint density at radius 2 is 2.00 bits per heavy atom. The van der Waals surface area contributed by atoms with Gasteiger partial charge in [-0.25, -0.2) is 18.4 Å². The van der Waals surface area contributed by atoms with Crippen LogP contribution in [0.3, 0.4) is 0 Å². The summed E-state index contributed by atoms with van der Waals surface area (Å²) < 4.78 is 27.7. The van der Waals surface area contributed by atoms with E-state index in [1.165, 1.54) is 18.2 Å². The van der Waals surface area contributed by atoms with E-state index in [-0.39, 0.29) is 21.6 Å². The van der Waals surface area contributed by atoms with Crippen LogP contribution in [0.15, 0.2) is 23.1 Å². The van der Waals surface area contributed by atoms with E-state index in [9.17, 15) is 13.2 Å². The molecule has 1 fully saturated rings. The van der Waals surface area contributed by atoms with Crippen molar-refractivity contribution in [2.24, 2.45) is 5.14 Å². The lowest BCUT2D eigenvalue weighted by molar-refractivity contribution is 0.0564. The van der Waals surface area contributed by atoms with E-state index in [1.807, 2.05) is 0 Å². The molecule has 0 bridgehead atoms. The third kappa shape index (κ3) is 3.60. The van der Waals surface area contributed by atoms with E-state index in [2.05, 4.69) is 5.32 Å². The molecule has 9 heteroatoms. The molecule has 0 unspecified atom stereocenters. The summed E-state index contributed by atoms with van der Waals surface area (Å²) in [5.41, 5.74) is 0.203. The molecule has 7 nitrogen and oxygen atoms in total. The molecule has 110 valence electrons. The van der Waals surface area contributed by atoms with Gasteiger partial charge in [-0.2, -0.15) is 0 Å². The lowest BCUT2D eigenvalue weighted by atomic mass is 10.3.